The molecule has 3 nitrogen and oxygen atoms in total. The molecule has 0 aliphatic heterocycles. The maximum atomic E-state index is 10.9. The van der Waals surface area contributed by atoms with E-state index in [1.54, 1.807) is 12.1 Å². The van der Waals surface area contributed by atoms with E-state index in [2.05, 4.69) is 0 Å². The fraction of sp³-hybridized carbons (Fsp3) is 0.111. The van der Waals surface area contributed by atoms with Crippen LogP contribution in [0.25, 0.3) is 0 Å². The Balaban J connectivity index is 0. The number of carboxylic acid groups (broad SMARTS) is 1. The first-order valence-electron chi connectivity index (χ1n) is 3.48. The van der Waals surface area contributed by atoms with Crippen molar-refractivity contribution in [1.82, 2.24) is 0 Å². The second-order valence-electron chi connectivity index (χ2n) is 2.03. The first-order chi connectivity index (χ1) is 6.26. The zero-order chi connectivity index (χ0) is 10.1. The van der Waals surface area contributed by atoms with Gasteiger partial charge in [-0.2, -0.15) is 0 Å². The van der Waals surface area contributed by atoms with Crippen LogP contribution in [0.2, 0.25) is 0 Å². The fourth-order valence-electron chi connectivity index (χ4n) is 0.701. The Morgan fingerprint density at radius 2 is 1.79 bits per heavy atom. The maximum absolute atomic E-state index is 10.9. The summed E-state index contributed by atoms with van der Waals surface area (Å²) in [7, 11) is 0. The van der Waals surface area contributed by atoms with E-state index in [9.17, 15) is 4.79 Å². The van der Waals surface area contributed by atoms with Crippen LogP contribution in [0.1, 0.15) is 10.4 Å². The van der Waals surface area contributed by atoms with Gasteiger partial charge in [0.25, 0.3) is 6.47 Å². The molecular formula is C9H10ClNaO3. The molecular weight excluding hydrogens is 215 g/mol. The van der Waals surface area contributed by atoms with E-state index in [-0.39, 0.29) is 47.7 Å². The average molecular weight is 225 g/mol. The van der Waals surface area contributed by atoms with E-state index in [0.717, 1.165) is 0 Å². The third-order valence-electron chi connectivity index (χ3n) is 1.22. The van der Waals surface area contributed by atoms with Gasteiger partial charge in [0.1, 0.15) is 0 Å². The zero-order valence-electron chi connectivity index (χ0n) is 6.81. The number of hydrogen-bond donors (Lipinski definition) is 1. The van der Waals surface area contributed by atoms with Gasteiger partial charge < -0.3 is 5.11 Å². The van der Waals surface area contributed by atoms with E-state index in [4.69, 9.17) is 21.5 Å². The molecule has 1 rings (SSSR count). The third-order valence-corrected chi connectivity index (χ3v) is 1.46. The van der Waals surface area contributed by atoms with E-state index in [1.807, 2.05) is 18.2 Å². The van der Waals surface area contributed by atoms with Crippen molar-refractivity contribution in [2.45, 2.75) is 0 Å². The van der Waals surface area contributed by atoms with E-state index < -0.39 is 0 Å². The van der Waals surface area contributed by atoms with Crippen LogP contribution >= 0.6 is 11.6 Å². The van der Waals surface area contributed by atoms with Gasteiger partial charge >= 0.3 is 29.6 Å². The van der Waals surface area contributed by atoms with Crippen molar-refractivity contribution in [3.63, 3.8) is 0 Å². The summed E-state index contributed by atoms with van der Waals surface area (Å²) in [5.41, 5.74) is 0.678. The van der Waals surface area contributed by atoms with Crippen molar-refractivity contribution in [3.8, 4) is 0 Å². The molecule has 0 aromatic heterocycles. The number of rotatable bonds is 2. The van der Waals surface area contributed by atoms with Gasteiger partial charge in [-0.05, 0) is 0 Å². The van der Waals surface area contributed by atoms with Gasteiger partial charge in [-0.15, -0.1) is 11.6 Å². The first-order valence-corrected chi connectivity index (χ1v) is 4.01. The Morgan fingerprint density at radius 1 is 1.36 bits per heavy atom. The number of Topliss-reactive ketones (excluding diaryl/α,β-unsaturated/α-hetero) is 1. The molecule has 0 bridgehead atoms. The van der Waals surface area contributed by atoms with Crippen LogP contribution in [0.15, 0.2) is 30.3 Å². The van der Waals surface area contributed by atoms with E-state index in [0.29, 0.717) is 5.56 Å². The average Bonchev–Trinajstić information content (AvgIpc) is 2.19. The van der Waals surface area contributed by atoms with Crippen molar-refractivity contribution >= 4 is 53.4 Å². The zero-order valence-corrected chi connectivity index (χ0v) is 7.57. The Labute approximate surface area is 109 Å². The SMILES string of the molecule is O=C(CCl)c1ccccc1.O=CO.[NaH]. The Kier molecular flexibility index (Phi) is 12.3. The fourth-order valence-corrected chi connectivity index (χ4v) is 0.856. The first kappa shape index (κ1) is 16.1. The number of hydrogen-bond acceptors (Lipinski definition) is 2. The molecule has 1 aromatic carbocycles. The summed E-state index contributed by atoms with van der Waals surface area (Å²) in [5, 5.41) is 6.89. The van der Waals surface area contributed by atoms with Gasteiger partial charge in [-0.3, -0.25) is 9.59 Å². The molecule has 1 N–H and O–H groups in total. The molecule has 0 radical (unpaired) electrons. The second kappa shape index (κ2) is 10.7. The molecule has 1 aromatic rings. The number of ketones is 1. The predicted molar refractivity (Wildman–Crippen MR) is 57.3 cm³/mol. The van der Waals surface area contributed by atoms with Gasteiger partial charge in [-0.25, -0.2) is 0 Å². The summed E-state index contributed by atoms with van der Waals surface area (Å²) in [4.78, 5) is 19.2. The molecule has 0 spiro atoms. The number of carbonyl (C=O) groups is 2. The van der Waals surface area contributed by atoms with Crippen LogP contribution < -0.4 is 0 Å². The molecule has 5 heteroatoms. The minimum absolute atomic E-state index is 0. The van der Waals surface area contributed by atoms with E-state index >= 15 is 0 Å². The Hall–Kier alpha value is -0.350. The summed E-state index contributed by atoms with van der Waals surface area (Å²) in [5.74, 6) is 0.0339. The molecule has 0 fully saturated rings. The summed E-state index contributed by atoms with van der Waals surface area (Å²) >= 11 is 5.34. The Morgan fingerprint density at radius 3 is 2.14 bits per heavy atom. The van der Waals surface area contributed by atoms with Crippen molar-refractivity contribution in [3.05, 3.63) is 35.9 Å². The number of alkyl halides is 1. The van der Waals surface area contributed by atoms with Crippen molar-refractivity contribution in [1.29, 1.82) is 0 Å². The summed E-state index contributed by atoms with van der Waals surface area (Å²) < 4.78 is 0. The van der Waals surface area contributed by atoms with Crippen LogP contribution in [-0.4, -0.2) is 52.8 Å². The number of halogens is 1. The molecule has 0 aliphatic rings. The van der Waals surface area contributed by atoms with Crippen LogP contribution in [0, 0.1) is 0 Å². The van der Waals surface area contributed by atoms with Crippen LogP contribution in [0.3, 0.4) is 0 Å². The molecule has 0 saturated heterocycles. The molecule has 14 heavy (non-hydrogen) atoms. The van der Waals surface area contributed by atoms with Crippen LogP contribution in [0.4, 0.5) is 0 Å². The molecule has 0 heterocycles. The molecule has 0 atom stereocenters. The molecule has 0 saturated carbocycles. The standard InChI is InChI=1S/C8H7ClO.CH2O2.Na.H/c9-6-8(10)7-4-2-1-3-5-7;2-1-3;;/h1-5H,6H2;1H,(H,2,3);;. The second-order valence-corrected chi connectivity index (χ2v) is 2.30. The summed E-state index contributed by atoms with van der Waals surface area (Å²) in [6.07, 6.45) is 0. The van der Waals surface area contributed by atoms with Gasteiger partial charge in [0.2, 0.25) is 0 Å². The topological polar surface area (TPSA) is 54.4 Å². The molecule has 0 aliphatic carbocycles. The van der Waals surface area contributed by atoms with Crippen molar-refractivity contribution in [2.24, 2.45) is 0 Å². The van der Waals surface area contributed by atoms with Gasteiger partial charge in [0.15, 0.2) is 5.78 Å². The Bertz CT molecular complexity index is 264. The van der Waals surface area contributed by atoms with E-state index in [1.165, 1.54) is 0 Å². The quantitative estimate of drug-likeness (QED) is 0.355. The molecule has 0 amide bonds. The minimum atomic E-state index is -0.250. The van der Waals surface area contributed by atoms with Gasteiger partial charge in [0, 0.05) is 5.56 Å². The normalized spacial score (nSPS) is 7.50. The summed E-state index contributed by atoms with van der Waals surface area (Å²) in [6.45, 7) is -0.250. The van der Waals surface area contributed by atoms with Gasteiger partial charge in [-0.1, -0.05) is 30.3 Å². The van der Waals surface area contributed by atoms with Crippen LogP contribution in [0.5, 0.6) is 0 Å². The number of benzene rings is 1. The van der Waals surface area contributed by atoms with Gasteiger partial charge in [0.05, 0.1) is 5.88 Å². The summed E-state index contributed by atoms with van der Waals surface area (Å²) in [6, 6.07) is 9.01. The third kappa shape index (κ3) is 7.09. The number of carbonyl (C=O) groups excluding carboxylic acids is 1. The predicted octanol–water partition coefficient (Wildman–Crippen LogP) is 1.16. The van der Waals surface area contributed by atoms with Crippen molar-refractivity contribution < 1.29 is 14.7 Å². The monoisotopic (exact) mass is 224 g/mol. The van der Waals surface area contributed by atoms with Crippen molar-refractivity contribution in [2.75, 3.05) is 5.88 Å². The molecule has 0 unspecified atom stereocenters. The molecule has 72 valence electrons. The van der Waals surface area contributed by atoms with Crippen LogP contribution in [-0.2, 0) is 4.79 Å².